The lowest BCUT2D eigenvalue weighted by Crippen LogP contribution is -2.01. The Morgan fingerprint density at radius 2 is 1.81 bits per heavy atom. The zero-order valence-electron chi connectivity index (χ0n) is 20.5. The number of benzene rings is 3. The van der Waals surface area contributed by atoms with Crippen LogP contribution in [0.15, 0.2) is 95.0 Å². The number of halogens is 1. The van der Waals surface area contributed by atoms with Crippen molar-refractivity contribution in [2.45, 2.75) is 36.2 Å². The van der Waals surface area contributed by atoms with Gasteiger partial charge in [0.2, 0.25) is 0 Å². The number of nitrogens with zero attached hydrogens (tertiary/aromatic N) is 3. The van der Waals surface area contributed by atoms with Gasteiger partial charge in [0.1, 0.15) is 30.3 Å². The second-order valence-corrected chi connectivity index (χ2v) is 9.97. The molecule has 0 spiro atoms. The van der Waals surface area contributed by atoms with E-state index in [2.05, 4.69) is 29.1 Å². The van der Waals surface area contributed by atoms with Crippen molar-refractivity contribution in [2.24, 2.45) is 0 Å². The molecule has 6 nitrogen and oxygen atoms in total. The lowest BCUT2D eigenvalue weighted by molar-refractivity contribution is 0.305. The van der Waals surface area contributed by atoms with Crippen molar-refractivity contribution >= 4 is 40.0 Å². The summed E-state index contributed by atoms with van der Waals surface area (Å²) in [4.78, 5) is 15.6. The molecule has 0 unspecified atom stereocenters. The van der Waals surface area contributed by atoms with Crippen molar-refractivity contribution < 1.29 is 9.13 Å². The minimum absolute atomic E-state index is 0.250. The molecule has 0 aliphatic carbocycles. The molecule has 8 heteroatoms. The Kier molecular flexibility index (Phi) is 7.18. The Hall–Kier alpha value is -4.17. The molecular weight excluding hydrogens is 485 g/mol. The van der Waals surface area contributed by atoms with Crippen molar-refractivity contribution in [1.82, 2.24) is 15.0 Å². The molecule has 3 aromatic carbocycles. The largest absolute Gasteiger partial charge is 0.489 e. The molecule has 37 heavy (non-hydrogen) atoms. The lowest BCUT2D eigenvalue weighted by atomic mass is 10.1. The third-order valence-electron chi connectivity index (χ3n) is 5.72. The van der Waals surface area contributed by atoms with Crippen molar-refractivity contribution in [2.75, 3.05) is 11.1 Å². The summed E-state index contributed by atoms with van der Waals surface area (Å²) in [6.07, 6.45) is 1.51. The van der Waals surface area contributed by atoms with Gasteiger partial charge in [0.15, 0.2) is 5.65 Å². The molecule has 0 fully saturated rings. The number of rotatable bonds is 8. The molecule has 0 bridgehead atoms. The Morgan fingerprint density at radius 1 is 0.973 bits per heavy atom. The highest BCUT2D eigenvalue weighted by atomic mass is 32.2. The maximum Gasteiger partial charge on any atom is 0.164 e. The molecule has 2 heterocycles. The minimum Gasteiger partial charge on any atom is -0.489 e. The van der Waals surface area contributed by atoms with Crippen LogP contribution in [-0.4, -0.2) is 15.0 Å². The number of nitrogen functional groups attached to an aromatic ring is 1. The van der Waals surface area contributed by atoms with E-state index in [0.29, 0.717) is 28.8 Å². The molecule has 2 aromatic heterocycles. The molecule has 0 atom stereocenters. The summed E-state index contributed by atoms with van der Waals surface area (Å²) in [6.45, 7) is 4.45. The molecule has 0 saturated heterocycles. The van der Waals surface area contributed by atoms with Gasteiger partial charge in [-0.3, -0.25) is 0 Å². The van der Waals surface area contributed by atoms with Gasteiger partial charge in [0, 0.05) is 27.2 Å². The third kappa shape index (κ3) is 5.98. The molecule has 0 aliphatic rings. The molecule has 5 rings (SSSR count). The monoisotopic (exact) mass is 511 g/mol. The zero-order chi connectivity index (χ0) is 25.8. The maximum atomic E-state index is 13.6. The fourth-order valence-electron chi connectivity index (χ4n) is 3.75. The Bertz CT molecular complexity index is 1540. The van der Waals surface area contributed by atoms with E-state index >= 15 is 0 Å². The van der Waals surface area contributed by atoms with Gasteiger partial charge in [0.25, 0.3) is 0 Å². The lowest BCUT2D eigenvalue weighted by Gasteiger charge is -2.15. The summed E-state index contributed by atoms with van der Waals surface area (Å²) in [5, 5.41) is 4.29. The molecule has 0 radical (unpaired) electrons. The number of ether oxygens (including phenoxy) is 1. The van der Waals surface area contributed by atoms with Crippen LogP contribution in [0.4, 0.5) is 21.6 Å². The van der Waals surface area contributed by atoms with Gasteiger partial charge in [-0.25, -0.2) is 19.3 Å². The van der Waals surface area contributed by atoms with Crippen LogP contribution in [0, 0.1) is 5.82 Å². The number of anilines is 3. The molecule has 5 aromatic rings. The molecule has 0 saturated carbocycles. The van der Waals surface area contributed by atoms with Crippen LogP contribution in [0.1, 0.15) is 31.0 Å². The summed E-state index contributed by atoms with van der Waals surface area (Å²) in [5.41, 5.74) is 9.75. The third-order valence-corrected chi connectivity index (χ3v) is 6.80. The van der Waals surface area contributed by atoms with Crippen LogP contribution in [0.25, 0.3) is 11.0 Å². The number of nitrogens with one attached hydrogen (secondary N) is 1. The Morgan fingerprint density at radius 3 is 2.59 bits per heavy atom. The zero-order valence-corrected chi connectivity index (χ0v) is 21.3. The van der Waals surface area contributed by atoms with Gasteiger partial charge in [-0.2, -0.15) is 0 Å². The van der Waals surface area contributed by atoms with Gasteiger partial charge in [-0.15, -0.1) is 0 Å². The van der Waals surface area contributed by atoms with E-state index in [4.69, 9.17) is 15.5 Å². The van der Waals surface area contributed by atoms with E-state index in [9.17, 15) is 4.39 Å². The van der Waals surface area contributed by atoms with Crippen molar-refractivity contribution in [3.63, 3.8) is 0 Å². The Labute approximate surface area is 219 Å². The van der Waals surface area contributed by atoms with Crippen molar-refractivity contribution in [3.05, 3.63) is 102 Å². The first-order valence-corrected chi connectivity index (χ1v) is 12.7. The van der Waals surface area contributed by atoms with Gasteiger partial charge in [-0.1, -0.05) is 37.7 Å². The number of hydrogen-bond acceptors (Lipinski definition) is 7. The van der Waals surface area contributed by atoms with Crippen LogP contribution in [0.2, 0.25) is 0 Å². The number of fused-ring (bicyclic) bond motifs is 1. The quantitative estimate of drug-likeness (QED) is 0.211. The number of nitrogens with two attached hydrogens (primary N) is 1. The maximum absolute atomic E-state index is 13.6. The summed E-state index contributed by atoms with van der Waals surface area (Å²) in [6, 6.07) is 23.9. The van der Waals surface area contributed by atoms with E-state index in [1.165, 1.54) is 18.5 Å². The first-order valence-electron chi connectivity index (χ1n) is 11.9. The first kappa shape index (κ1) is 24.5. The average Bonchev–Trinajstić information content (AvgIpc) is 2.90. The van der Waals surface area contributed by atoms with E-state index in [1.54, 1.807) is 17.8 Å². The van der Waals surface area contributed by atoms with Gasteiger partial charge >= 0.3 is 0 Å². The molecule has 0 amide bonds. The molecular formula is C29H26FN5OS. The topological polar surface area (TPSA) is 86.0 Å². The number of pyridine rings is 1. The number of aromatic nitrogens is 3. The summed E-state index contributed by atoms with van der Waals surface area (Å²) in [5.74, 6) is 1.30. The fraction of sp³-hybridized carbons (Fsp3) is 0.138. The van der Waals surface area contributed by atoms with Crippen LogP contribution in [0.3, 0.4) is 0 Å². The van der Waals surface area contributed by atoms with Crippen LogP contribution < -0.4 is 15.8 Å². The highest BCUT2D eigenvalue weighted by Gasteiger charge is 2.13. The van der Waals surface area contributed by atoms with Gasteiger partial charge in [-0.05, 0) is 72.1 Å². The van der Waals surface area contributed by atoms with Crippen molar-refractivity contribution in [1.29, 1.82) is 0 Å². The fourth-order valence-corrected chi connectivity index (χ4v) is 4.63. The van der Waals surface area contributed by atoms with E-state index in [1.807, 2.05) is 60.7 Å². The minimum atomic E-state index is -0.288. The predicted molar refractivity (Wildman–Crippen MR) is 147 cm³/mol. The highest BCUT2D eigenvalue weighted by molar-refractivity contribution is 7.99. The van der Waals surface area contributed by atoms with Gasteiger partial charge in [0.05, 0.1) is 11.1 Å². The highest BCUT2D eigenvalue weighted by Crippen LogP contribution is 2.38. The normalized spacial score (nSPS) is 11.1. The molecule has 186 valence electrons. The van der Waals surface area contributed by atoms with E-state index in [-0.39, 0.29) is 12.4 Å². The smallest absolute Gasteiger partial charge is 0.164 e. The van der Waals surface area contributed by atoms with Crippen LogP contribution in [-0.2, 0) is 6.61 Å². The van der Waals surface area contributed by atoms with Crippen molar-refractivity contribution in [3.8, 4) is 5.75 Å². The second kappa shape index (κ2) is 10.8. The van der Waals surface area contributed by atoms with Crippen LogP contribution >= 0.6 is 11.8 Å². The summed E-state index contributed by atoms with van der Waals surface area (Å²) in [7, 11) is 0. The van der Waals surface area contributed by atoms with Gasteiger partial charge < -0.3 is 15.8 Å². The van der Waals surface area contributed by atoms with Crippen LogP contribution in [0.5, 0.6) is 5.75 Å². The standard InChI is InChI=1S/C29H26FN5OS/c1-18(2)25-12-11-24-28(34-25)32-17-33-29(24)35-26-15-22(36-16-19-4-3-5-20(30)14-19)8-13-27(26)37-23-9-6-21(31)7-10-23/h3-15,17-18H,16,31H2,1-2H3,(H,32,33,34,35). The SMILES string of the molecule is CC(C)c1ccc2c(Nc3cc(OCc4cccc(F)c4)ccc3Sc3ccc(N)cc3)ncnc2n1. The molecule has 0 aliphatic heterocycles. The van der Waals surface area contributed by atoms with E-state index < -0.39 is 0 Å². The van der Waals surface area contributed by atoms with E-state index in [0.717, 1.165) is 32.1 Å². The summed E-state index contributed by atoms with van der Waals surface area (Å²) >= 11 is 1.60. The number of hydrogen-bond donors (Lipinski definition) is 2. The summed E-state index contributed by atoms with van der Waals surface area (Å²) < 4.78 is 19.6. The average molecular weight is 512 g/mol. The second-order valence-electron chi connectivity index (χ2n) is 8.86. The predicted octanol–water partition coefficient (Wildman–Crippen LogP) is 7.34. The first-order chi connectivity index (χ1) is 17.9. The Balaban J connectivity index is 1.48. The molecule has 3 N–H and O–H groups in total.